The number of hydrogen-bond acceptors (Lipinski definition) is 5. The summed E-state index contributed by atoms with van der Waals surface area (Å²) in [6.07, 6.45) is 2.72. The molecule has 7 nitrogen and oxygen atoms in total. The average molecular weight is 423 g/mol. The highest BCUT2D eigenvalue weighted by molar-refractivity contribution is 5.97. The van der Waals surface area contributed by atoms with Gasteiger partial charge in [0.25, 0.3) is 0 Å². The smallest absolute Gasteiger partial charge is 0.248 e. The number of pyridine rings is 1. The molecule has 4 rings (SSSR count). The van der Waals surface area contributed by atoms with Crippen LogP contribution in [0.5, 0.6) is 0 Å². The van der Waals surface area contributed by atoms with Crippen LogP contribution in [-0.2, 0) is 27.3 Å². The first-order valence-electron chi connectivity index (χ1n) is 11.0. The summed E-state index contributed by atoms with van der Waals surface area (Å²) < 4.78 is 5.39. The standard InChI is InChI=1S/C24H30N4O3/c1-17(2)13-23(29)28-16-19-6-4-3-5-18(19)14-21(28)24(30)26-22-8-7-20(15-25-22)27-9-11-31-12-10-27/h3-8,15,17,21H,9-14,16H2,1-2H3,(H,25,26,30)/t21-/m0/s1. The molecule has 1 atom stereocenters. The molecule has 0 aliphatic carbocycles. The van der Waals surface area contributed by atoms with Gasteiger partial charge >= 0.3 is 0 Å². The quantitative estimate of drug-likeness (QED) is 0.802. The number of rotatable bonds is 5. The SMILES string of the molecule is CC(C)CC(=O)N1Cc2ccccc2C[C@H]1C(=O)Nc1ccc(N2CCOCC2)cn1. The van der Waals surface area contributed by atoms with E-state index in [1.165, 1.54) is 0 Å². The summed E-state index contributed by atoms with van der Waals surface area (Å²) in [6.45, 7) is 7.59. The number of carbonyl (C=O) groups is 2. The summed E-state index contributed by atoms with van der Waals surface area (Å²) in [5.41, 5.74) is 3.24. The predicted molar refractivity (Wildman–Crippen MR) is 120 cm³/mol. The second kappa shape index (κ2) is 9.47. The van der Waals surface area contributed by atoms with Crippen LogP contribution in [0.3, 0.4) is 0 Å². The van der Waals surface area contributed by atoms with E-state index in [1.807, 2.05) is 50.2 Å². The van der Waals surface area contributed by atoms with Gasteiger partial charge in [-0.25, -0.2) is 4.98 Å². The summed E-state index contributed by atoms with van der Waals surface area (Å²) in [6, 6.07) is 11.3. The number of fused-ring (bicyclic) bond motifs is 1. The van der Waals surface area contributed by atoms with Crippen molar-refractivity contribution in [1.82, 2.24) is 9.88 Å². The number of morpholine rings is 1. The largest absolute Gasteiger partial charge is 0.378 e. The van der Waals surface area contributed by atoms with Gasteiger partial charge in [0.1, 0.15) is 11.9 Å². The maximum atomic E-state index is 13.2. The molecule has 2 amide bonds. The van der Waals surface area contributed by atoms with Crippen LogP contribution in [0.4, 0.5) is 11.5 Å². The van der Waals surface area contributed by atoms with E-state index in [0.29, 0.717) is 38.4 Å². The van der Waals surface area contributed by atoms with E-state index in [4.69, 9.17) is 4.74 Å². The van der Waals surface area contributed by atoms with Gasteiger partial charge in [-0.15, -0.1) is 0 Å². The molecule has 164 valence electrons. The number of ether oxygens (including phenoxy) is 1. The molecule has 1 saturated heterocycles. The molecule has 0 unspecified atom stereocenters. The van der Waals surface area contributed by atoms with Gasteiger partial charge in [0, 0.05) is 32.5 Å². The first kappa shape index (κ1) is 21.3. The van der Waals surface area contributed by atoms with Crippen molar-refractivity contribution >= 4 is 23.3 Å². The number of benzene rings is 1. The van der Waals surface area contributed by atoms with Crippen molar-refractivity contribution in [3.05, 3.63) is 53.7 Å². The van der Waals surface area contributed by atoms with Crippen LogP contribution in [0.25, 0.3) is 0 Å². The Morgan fingerprint density at radius 2 is 1.87 bits per heavy atom. The fourth-order valence-corrected chi connectivity index (χ4v) is 4.16. The highest BCUT2D eigenvalue weighted by Gasteiger charge is 2.34. The molecule has 2 aromatic rings. The Morgan fingerprint density at radius 1 is 1.13 bits per heavy atom. The topological polar surface area (TPSA) is 74.8 Å². The van der Waals surface area contributed by atoms with Crippen LogP contribution in [0.15, 0.2) is 42.6 Å². The van der Waals surface area contributed by atoms with Crippen LogP contribution in [0, 0.1) is 5.92 Å². The Hall–Kier alpha value is -2.93. The van der Waals surface area contributed by atoms with E-state index in [2.05, 4.69) is 15.2 Å². The minimum absolute atomic E-state index is 0.0141. The normalized spacial score (nSPS) is 18.6. The molecule has 31 heavy (non-hydrogen) atoms. The lowest BCUT2D eigenvalue weighted by Gasteiger charge is -2.36. The third-order valence-electron chi connectivity index (χ3n) is 5.83. The van der Waals surface area contributed by atoms with Crippen LogP contribution < -0.4 is 10.2 Å². The Balaban J connectivity index is 1.49. The predicted octanol–water partition coefficient (Wildman–Crippen LogP) is 2.86. The van der Waals surface area contributed by atoms with Gasteiger partial charge in [0.15, 0.2) is 0 Å². The van der Waals surface area contributed by atoms with Gasteiger partial charge in [0.2, 0.25) is 11.8 Å². The maximum absolute atomic E-state index is 13.2. The molecule has 1 fully saturated rings. The molecule has 3 heterocycles. The number of aromatic nitrogens is 1. The summed E-state index contributed by atoms with van der Waals surface area (Å²) >= 11 is 0. The summed E-state index contributed by atoms with van der Waals surface area (Å²) in [5, 5.41) is 2.92. The Morgan fingerprint density at radius 3 is 2.55 bits per heavy atom. The van der Waals surface area contributed by atoms with E-state index >= 15 is 0 Å². The number of amides is 2. The molecule has 0 radical (unpaired) electrons. The number of carbonyl (C=O) groups excluding carboxylic acids is 2. The third kappa shape index (κ3) is 5.05. The maximum Gasteiger partial charge on any atom is 0.248 e. The molecule has 0 saturated carbocycles. The van der Waals surface area contributed by atoms with Crippen molar-refractivity contribution in [3.8, 4) is 0 Å². The van der Waals surface area contributed by atoms with E-state index in [-0.39, 0.29) is 17.7 Å². The first-order valence-corrected chi connectivity index (χ1v) is 11.0. The minimum Gasteiger partial charge on any atom is -0.378 e. The Bertz CT molecular complexity index is 923. The Kier molecular flexibility index (Phi) is 6.51. The van der Waals surface area contributed by atoms with Crippen LogP contribution in [0.1, 0.15) is 31.4 Å². The van der Waals surface area contributed by atoms with Crippen molar-refractivity contribution in [2.45, 2.75) is 39.3 Å². The van der Waals surface area contributed by atoms with Crippen LogP contribution in [0.2, 0.25) is 0 Å². The van der Waals surface area contributed by atoms with E-state index in [0.717, 1.165) is 29.9 Å². The molecule has 0 bridgehead atoms. The Labute approximate surface area is 183 Å². The zero-order valence-electron chi connectivity index (χ0n) is 18.2. The highest BCUT2D eigenvalue weighted by atomic mass is 16.5. The number of anilines is 2. The highest BCUT2D eigenvalue weighted by Crippen LogP contribution is 2.26. The fraction of sp³-hybridized carbons (Fsp3) is 0.458. The van der Waals surface area contributed by atoms with Crippen molar-refractivity contribution in [3.63, 3.8) is 0 Å². The zero-order valence-corrected chi connectivity index (χ0v) is 18.2. The van der Waals surface area contributed by atoms with Gasteiger partial charge in [-0.2, -0.15) is 0 Å². The zero-order chi connectivity index (χ0) is 21.8. The number of hydrogen-bond donors (Lipinski definition) is 1. The second-order valence-electron chi connectivity index (χ2n) is 8.60. The molecule has 1 aromatic heterocycles. The second-order valence-corrected chi connectivity index (χ2v) is 8.60. The lowest BCUT2D eigenvalue weighted by molar-refractivity contribution is -0.140. The van der Waals surface area contributed by atoms with Crippen molar-refractivity contribution in [1.29, 1.82) is 0 Å². The van der Waals surface area contributed by atoms with E-state index < -0.39 is 6.04 Å². The summed E-state index contributed by atoms with van der Waals surface area (Å²) in [7, 11) is 0. The number of nitrogens with one attached hydrogen (secondary N) is 1. The fourth-order valence-electron chi connectivity index (χ4n) is 4.16. The molecular formula is C24H30N4O3. The van der Waals surface area contributed by atoms with Gasteiger partial charge in [-0.3, -0.25) is 9.59 Å². The lowest BCUT2D eigenvalue weighted by Crippen LogP contribution is -2.50. The van der Waals surface area contributed by atoms with E-state index in [9.17, 15) is 9.59 Å². The summed E-state index contributed by atoms with van der Waals surface area (Å²) in [5.74, 6) is 0.554. The molecule has 1 N–H and O–H groups in total. The van der Waals surface area contributed by atoms with Crippen LogP contribution >= 0.6 is 0 Å². The van der Waals surface area contributed by atoms with Crippen molar-refractivity contribution < 1.29 is 14.3 Å². The number of nitrogens with zero attached hydrogens (tertiary/aromatic N) is 3. The molecule has 2 aliphatic rings. The monoisotopic (exact) mass is 422 g/mol. The molecule has 7 heteroatoms. The van der Waals surface area contributed by atoms with Crippen molar-refractivity contribution in [2.75, 3.05) is 36.5 Å². The lowest BCUT2D eigenvalue weighted by atomic mass is 9.92. The summed E-state index contributed by atoms with van der Waals surface area (Å²) in [4.78, 5) is 34.5. The molecule has 1 aromatic carbocycles. The molecule has 0 spiro atoms. The van der Waals surface area contributed by atoms with Crippen LogP contribution in [-0.4, -0.2) is 54.0 Å². The van der Waals surface area contributed by atoms with Gasteiger partial charge in [0.05, 0.1) is 25.1 Å². The van der Waals surface area contributed by atoms with Gasteiger partial charge in [-0.05, 0) is 29.2 Å². The molecular weight excluding hydrogens is 392 g/mol. The average Bonchev–Trinajstić information content (AvgIpc) is 2.79. The van der Waals surface area contributed by atoms with Gasteiger partial charge < -0.3 is 19.9 Å². The minimum atomic E-state index is -0.540. The van der Waals surface area contributed by atoms with Gasteiger partial charge in [-0.1, -0.05) is 38.1 Å². The third-order valence-corrected chi connectivity index (χ3v) is 5.83. The van der Waals surface area contributed by atoms with Crippen molar-refractivity contribution in [2.24, 2.45) is 5.92 Å². The molecule has 2 aliphatic heterocycles. The van der Waals surface area contributed by atoms with E-state index in [1.54, 1.807) is 11.1 Å². The first-order chi connectivity index (χ1) is 15.0.